The summed E-state index contributed by atoms with van der Waals surface area (Å²) in [6, 6.07) is -0.825. The van der Waals surface area contributed by atoms with Crippen LogP contribution in [0.2, 0.25) is 18.1 Å². The van der Waals surface area contributed by atoms with Crippen LogP contribution in [0.15, 0.2) is 18.2 Å². The van der Waals surface area contributed by atoms with Gasteiger partial charge in [0, 0.05) is 0 Å². The molecule has 5 nitrogen and oxygen atoms in total. The Morgan fingerprint density at radius 1 is 1.03 bits per heavy atom. The van der Waals surface area contributed by atoms with Crippen LogP contribution >= 0.6 is 0 Å². The van der Waals surface area contributed by atoms with Crippen molar-refractivity contribution in [3.63, 3.8) is 0 Å². The molecule has 0 aliphatic carbocycles. The largest absolute Gasteiger partial charge is 0.465 e. The van der Waals surface area contributed by atoms with Gasteiger partial charge < -0.3 is 20.0 Å². The Morgan fingerprint density at radius 2 is 1.47 bits per heavy atom. The molecule has 3 N–H and O–H groups in total. The zero-order chi connectivity index (χ0) is 23.7. The van der Waals surface area contributed by atoms with Crippen LogP contribution < -0.4 is 5.32 Å². The van der Waals surface area contributed by atoms with Gasteiger partial charge in [-0.2, -0.15) is 26.3 Å². The summed E-state index contributed by atoms with van der Waals surface area (Å²) in [7, 11) is -2.45. The standard InChI is InChI=1S/C18H25F6NO4Si/c1-16(2,3)30(4,5)29-9-13(25-15(27)28)14(26)10-6-11(17(19,20)21)8-12(7-10)18(22,23)24/h6-8,13-14,25-26H,9H2,1-5H3,(H,27,28)/t13-,14+/m0/s1. The van der Waals surface area contributed by atoms with Crippen molar-refractivity contribution in [2.75, 3.05) is 6.61 Å². The normalized spacial score (nSPS) is 15.6. The molecule has 0 unspecified atom stereocenters. The average Bonchev–Trinajstić information content (AvgIpc) is 2.54. The summed E-state index contributed by atoms with van der Waals surface area (Å²) >= 11 is 0. The van der Waals surface area contributed by atoms with Crippen molar-refractivity contribution in [3.8, 4) is 0 Å². The predicted molar refractivity (Wildman–Crippen MR) is 99.5 cm³/mol. The van der Waals surface area contributed by atoms with Gasteiger partial charge in [0.25, 0.3) is 0 Å². The molecule has 0 aliphatic heterocycles. The molecular formula is C18H25F6NO4Si. The molecule has 1 aromatic carbocycles. The van der Waals surface area contributed by atoms with Gasteiger partial charge in [-0.05, 0) is 41.9 Å². The van der Waals surface area contributed by atoms with E-state index in [1.807, 2.05) is 39.2 Å². The first-order chi connectivity index (χ1) is 13.3. The van der Waals surface area contributed by atoms with Crippen molar-refractivity contribution in [1.29, 1.82) is 0 Å². The number of hydrogen-bond donors (Lipinski definition) is 3. The first-order valence-corrected chi connectivity index (χ1v) is 11.8. The zero-order valence-electron chi connectivity index (χ0n) is 17.1. The maximum Gasteiger partial charge on any atom is 0.416 e. The topological polar surface area (TPSA) is 78.8 Å². The summed E-state index contributed by atoms with van der Waals surface area (Å²) in [4.78, 5) is 11.1. The lowest BCUT2D eigenvalue weighted by Crippen LogP contribution is -2.48. The van der Waals surface area contributed by atoms with Gasteiger partial charge in [0.05, 0.1) is 23.8 Å². The molecule has 0 heterocycles. The van der Waals surface area contributed by atoms with Crippen LogP contribution in [0.3, 0.4) is 0 Å². The number of alkyl halides is 6. The first kappa shape index (κ1) is 26.2. The van der Waals surface area contributed by atoms with E-state index in [0.717, 1.165) is 0 Å². The van der Waals surface area contributed by atoms with Gasteiger partial charge in [0.1, 0.15) is 6.10 Å². The Hall–Kier alpha value is -1.79. The molecule has 2 atom stereocenters. The number of amides is 1. The van der Waals surface area contributed by atoms with Gasteiger partial charge in [-0.1, -0.05) is 20.8 Å². The van der Waals surface area contributed by atoms with Crippen molar-refractivity contribution in [2.24, 2.45) is 0 Å². The molecule has 30 heavy (non-hydrogen) atoms. The molecule has 1 rings (SSSR count). The van der Waals surface area contributed by atoms with E-state index in [-0.39, 0.29) is 11.1 Å². The van der Waals surface area contributed by atoms with Gasteiger partial charge in [-0.15, -0.1) is 0 Å². The Kier molecular flexibility index (Phi) is 7.66. The number of benzene rings is 1. The highest BCUT2D eigenvalue weighted by Gasteiger charge is 2.40. The Balaban J connectivity index is 3.35. The zero-order valence-corrected chi connectivity index (χ0v) is 18.1. The maximum atomic E-state index is 13.1. The molecule has 0 aromatic heterocycles. The van der Waals surface area contributed by atoms with Crippen LogP contribution in [0.1, 0.15) is 43.6 Å². The lowest BCUT2D eigenvalue weighted by Gasteiger charge is -2.38. The van der Waals surface area contributed by atoms with Crippen molar-refractivity contribution in [2.45, 2.75) is 63.4 Å². The number of hydrogen-bond acceptors (Lipinski definition) is 3. The fraction of sp³-hybridized carbons (Fsp3) is 0.611. The monoisotopic (exact) mass is 461 g/mol. The molecule has 172 valence electrons. The van der Waals surface area contributed by atoms with E-state index in [9.17, 15) is 36.2 Å². The molecule has 0 radical (unpaired) electrons. The van der Waals surface area contributed by atoms with Gasteiger partial charge in [0.2, 0.25) is 0 Å². The van der Waals surface area contributed by atoms with Crippen LogP contribution in [0.25, 0.3) is 0 Å². The first-order valence-electron chi connectivity index (χ1n) is 8.86. The smallest absolute Gasteiger partial charge is 0.416 e. The van der Waals surface area contributed by atoms with Crippen LogP contribution in [0.4, 0.5) is 31.1 Å². The Bertz CT molecular complexity index is 726. The number of carbonyl (C=O) groups is 1. The SMILES string of the molecule is CC(C)(C)[Si](C)(C)OC[C@H](NC(=O)O)[C@H](O)c1cc(C(F)(F)F)cc(C(F)(F)F)c1. The molecule has 0 spiro atoms. The number of aliphatic hydroxyl groups is 1. The fourth-order valence-electron chi connectivity index (χ4n) is 2.27. The summed E-state index contributed by atoms with van der Waals surface area (Å²) in [5.74, 6) is 0. The number of rotatable bonds is 6. The Labute approximate surface area is 171 Å². The summed E-state index contributed by atoms with van der Waals surface area (Å²) in [6.45, 7) is 8.88. The highest BCUT2D eigenvalue weighted by Crippen LogP contribution is 2.39. The molecule has 0 fully saturated rings. The van der Waals surface area contributed by atoms with E-state index in [2.05, 4.69) is 0 Å². The predicted octanol–water partition coefficient (Wildman–Crippen LogP) is 5.42. The summed E-state index contributed by atoms with van der Waals surface area (Å²) in [6.07, 6.45) is -13.8. The molecule has 0 aliphatic rings. The van der Waals surface area contributed by atoms with Crippen LogP contribution in [-0.2, 0) is 16.8 Å². The quantitative estimate of drug-likeness (QED) is 0.391. The van der Waals surface area contributed by atoms with E-state index in [4.69, 9.17) is 9.53 Å². The van der Waals surface area contributed by atoms with Gasteiger partial charge in [-0.3, -0.25) is 0 Å². The van der Waals surface area contributed by atoms with E-state index < -0.39 is 62.2 Å². The van der Waals surface area contributed by atoms with Crippen LogP contribution in [0.5, 0.6) is 0 Å². The fourth-order valence-corrected chi connectivity index (χ4v) is 3.30. The second kappa shape index (κ2) is 8.75. The number of nitrogens with one attached hydrogen (secondary N) is 1. The average molecular weight is 461 g/mol. The third kappa shape index (κ3) is 6.88. The second-order valence-corrected chi connectivity index (χ2v) is 13.2. The van der Waals surface area contributed by atoms with E-state index in [1.165, 1.54) is 0 Å². The van der Waals surface area contributed by atoms with Crippen molar-refractivity contribution in [1.82, 2.24) is 5.32 Å². The van der Waals surface area contributed by atoms with Crippen molar-refractivity contribution < 1.29 is 45.8 Å². The summed E-state index contributed by atoms with van der Waals surface area (Å²) in [5, 5.41) is 21.1. The lowest BCUT2D eigenvalue weighted by molar-refractivity contribution is -0.143. The van der Waals surface area contributed by atoms with Gasteiger partial charge in [-0.25, -0.2) is 4.79 Å². The highest BCUT2D eigenvalue weighted by molar-refractivity contribution is 6.74. The third-order valence-corrected chi connectivity index (χ3v) is 9.57. The van der Waals surface area contributed by atoms with Crippen molar-refractivity contribution in [3.05, 3.63) is 34.9 Å². The van der Waals surface area contributed by atoms with E-state index in [1.54, 1.807) is 0 Å². The molecule has 12 heteroatoms. The van der Waals surface area contributed by atoms with Gasteiger partial charge >= 0.3 is 18.4 Å². The van der Waals surface area contributed by atoms with Crippen LogP contribution in [-0.4, -0.2) is 37.3 Å². The van der Waals surface area contributed by atoms with E-state index >= 15 is 0 Å². The minimum atomic E-state index is -5.09. The molecule has 1 amide bonds. The maximum absolute atomic E-state index is 13.1. The number of aliphatic hydroxyl groups excluding tert-OH is 1. The highest BCUT2D eigenvalue weighted by atomic mass is 28.4. The summed E-state index contributed by atoms with van der Waals surface area (Å²) < 4.78 is 84.2. The Morgan fingerprint density at radius 3 is 1.80 bits per heavy atom. The third-order valence-electron chi connectivity index (χ3n) is 5.07. The lowest BCUT2D eigenvalue weighted by atomic mass is 9.97. The molecule has 0 bridgehead atoms. The number of carboxylic acid groups (broad SMARTS) is 1. The molecular weight excluding hydrogens is 436 g/mol. The second-order valence-electron chi connectivity index (χ2n) is 8.41. The number of halogens is 6. The van der Waals surface area contributed by atoms with Crippen LogP contribution in [0, 0.1) is 0 Å². The summed E-state index contributed by atoms with van der Waals surface area (Å²) in [5.41, 5.74) is -3.94. The minimum absolute atomic E-state index is 0.0675. The molecule has 0 saturated carbocycles. The van der Waals surface area contributed by atoms with Gasteiger partial charge in [0.15, 0.2) is 8.32 Å². The van der Waals surface area contributed by atoms with E-state index in [0.29, 0.717) is 12.1 Å². The molecule has 0 saturated heterocycles. The van der Waals surface area contributed by atoms with Crippen molar-refractivity contribution >= 4 is 14.4 Å². The minimum Gasteiger partial charge on any atom is -0.465 e. The molecule has 1 aromatic rings.